The Hall–Kier alpha value is -1.31. The van der Waals surface area contributed by atoms with E-state index in [0.29, 0.717) is 0 Å². The van der Waals surface area contributed by atoms with Gasteiger partial charge in [-0.25, -0.2) is 4.98 Å². The van der Waals surface area contributed by atoms with Crippen molar-refractivity contribution in [2.75, 3.05) is 0 Å². The third-order valence-corrected chi connectivity index (χ3v) is 2.80. The summed E-state index contributed by atoms with van der Waals surface area (Å²) in [7, 11) is 0. The molecule has 2 nitrogen and oxygen atoms in total. The summed E-state index contributed by atoms with van der Waals surface area (Å²) in [5.41, 5.74) is 4.59. The predicted octanol–water partition coefficient (Wildman–Crippen LogP) is 4.03. The van der Waals surface area contributed by atoms with Crippen molar-refractivity contribution in [1.82, 2.24) is 4.98 Å². The van der Waals surface area contributed by atoms with E-state index in [1.54, 1.807) is 0 Å². The zero-order valence-corrected chi connectivity index (χ0v) is 10.7. The Morgan fingerprint density at radius 1 is 1.19 bits per heavy atom. The molecule has 0 aliphatic carbocycles. The van der Waals surface area contributed by atoms with E-state index in [2.05, 4.69) is 45.7 Å². The standard InChI is InChI=1S/C14H19NO/c1-9-6-7-11-13(10(9)2)16-12(15-11)8-14(3,4)5/h6-7H,8H2,1-5H3. The molecule has 0 unspecified atom stereocenters. The van der Waals surface area contributed by atoms with Gasteiger partial charge in [0.2, 0.25) is 0 Å². The fourth-order valence-electron chi connectivity index (χ4n) is 1.80. The molecule has 1 aromatic carbocycles. The molecule has 0 saturated carbocycles. The molecule has 0 aliphatic heterocycles. The first-order valence-corrected chi connectivity index (χ1v) is 5.72. The smallest absolute Gasteiger partial charge is 0.196 e. The van der Waals surface area contributed by atoms with Gasteiger partial charge in [-0.2, -0.15) is 0 Å². The van der Waals surface area contributed by atoms with Crippen molar-refractivity contribution in [3.63, 3.8) is 0 Å². The average molecular weight is 217 g/mol. The third-order valence-electron chi connectivity index (χ3n) is 2.80. The Balaban J connectivity index is 2.48. The predicted molar refractivity (Wildman–Crippen MR) is 66.6 cm³/mol. The first kappa shape index (κ1) is 11.2. The van der Waals surface area contributed by atoms with Gasteiger partial charge in [-0.1, -0.05) is 26.8 Å². The molecule has 2 aromatic rings. The summed E-state index contributed by atoms with van der Waals surface area (Å²) < 4.78 is 5.84. The molecule has 0 fully saturated rings. The van der Waals surface area contributed by atoms with E-state index in [1.165, 1.54) is 11.1 Å². The second-order valence-electron chi connectivity index (χ2n) is 5.70. The number of rotatable bonds is 1. The molecule has 0 atom stereocenters. The molecular weight excluding hydrogens is 198 g/mol. The number of benzene rings is 1. The lowest BCUT2D eigenvalue weighted by Gasteiger charge is -2.14. The monoisotopic (exact) mass is 217 g/mol. The quantitative estimate of drug-likeness (QED) is 0.720. The van der Waals surface area contributed by atoms with E-state index in [-0.39, 0.29) is 5.41 Å². The van der Waals surface area contributed by atoms with Crippen LogP contribution in [0.25, 0.3) is 11.1 Å². The number of oxazole rings is 1. The molecule has 1 heterocycles. The van der Waals surface area contributed by atoms with Crippen LogP contribution in [-0.2, 0) is 6.42 Å². The van der Waals surface area contributed by atoms with Gasteiger partial charge in [0, 0.05) is 6.42 Å². The van der Waals surface area contributed by atoms with Gasteiger partial charge in [0.25, 0.3) is 0 Å². The van der Waals surface area contributed by atoms with Crippen molar-refractivity contribution in [3.05, 3.63) is 29.2 Å². The molecule has 0 bridgehead atoms. The fourth-order valence-corrected chi connectivity index (χ4v) is 1.80. The minimum Gasteiger partial charge on any atom is -0.440 e. The van der Waals surface area contributed by atoms with Crippen LogP contribution in [0, 0.1) is 19.3 Å². The highest BCUT2D eigenvalue weighted by molar-refractivity contribution is 5.77. The molecule has 2 heteroatoms. The first-order chi connectivity index (χ1) is 7.37. The lowest BCUT2D eigenvalue weighted by Crippen LogP contribution is -2.09. The van der Waals surface area contributed by atoms with Gasteiger partial charge in [0.15, 0.2) is 11.5 Å². The minimum atomic E-state index is 0.212. The Bertz CT molecular complexity index is 517. The molecule has 1 aromatic heterocycles. The van der Waals surface area contributed by atoms with Crippen molar-refractivity contribution in [3.8, 4) is 0 Å². The van der Waals surface area contributed by atoms with Crippen LogP contribution in [0.4, 0.5) is 0 Å². The highest BCUT2D eigenvalue weighted by Crippen LogP contribution is 2.26. The summed E-state index contributed by atoms with van der Waals surface area (Å²) in [6.07, 6.45) is 0.875. The molecule has 0 radical (unpaired) electrons. The fraction of sp³-hybridized carbons (Fsp3) is 0.500. The van der Waals surface area contributed by atoms with Crippen LogP contribution in [0.2, 0.25) is 0 Å². The summed E-state index contributed by atoms with van der Waals surface area (Å²) in [6.45, 7) is 10.8. The number of aryl methyl sites for hydroxylation is 2. The van der Waals surface area contributed by atoms with Gasteiger partial charge in [0.05, 0.1) is 0 Å². The summed E-state index contributed by atoms with van der Waals surface area (Å²) >= 11 is 0. The molecule has 16 heavy (non-hydrogen) atoms. The van der Waals surface area contributed by atoms with E-state index in [9.17, 15) is 0 Å². The van der Waals surface area contributed by atoms with Gasteiger partial charge in [-0.3, -0.25) is 0 Å². The maximum atomic E-state index is 5.84. The maximum absolute atomic E-state index is 5.84. The summed E-state index contributed by atoms with van der Waals surface area (Å²) in [5.74, 6) is 0.844. The van der Waals surface area contributed by atoms with Crippen molar-refractivity contribution >= 4 is 11.1 Å². The van der Waals surface area contributed by atoms with E-state index in [4.69, 9.17) is 4.42 Å². The number of fused-ring (bicyclic) bond motifs is 1. The lowest BCUT2D eigenvalue weighted by molar-refractivity contribution is 0.361. The minimum absolute atomic E-state index is 0.212. The van der Waals surface area contributed by atoms with Crippen LogP contribution in [0.1, 0.15) is 37.8 Å². The van der Waals surface area contributed by atoms with E-state index in [1.807, 2.05) is 6.07 Å². The van der Waals surface area contributed by atoms with Crippen LogP contribution in [0.3, 0.4) is 0 Å². The SMILES string of the molecule is Cc1ccc2nc(CC(C)(C)C)oc2c1C. The molecule has 0 aliphatic rings. The zero-order chi connectivity index (χ0) is 11.9. The summed E-state index contributed by atoms with van der Waals surface area (Å²) in [6, 6.07) is 4.13. The van der Waals surface area contributed by atoms with Crippen LogP contribution >= 0.6 is 0 Å². The van der Waals surface area contributed by atoms with Gasteiger partial charge in [0.1, 0.15) is 5.52 Å². The Kier molecular flexibility index (Phi) is 2.53. The van der Waals surface area contributed by atoms with Gasteiger partial charge in [-0.15, -0.1) is 0 Å². The normalized spacial score (nSPS) is 12.3. The molecule has 0 amide bonds. The Morgan fingerprint density at radius 2 is 1.88 bits per heavy atom. The topological polar surface area (TPSA) is 26.0 Å². The van der Waals surface area contributed by atoms with Crippen LogP contribution in [-0.4, -0.2) is 4.98 Å². The van der Waals surface area contributed by atoms with Gasteiger partial charge in [-0.05, 0) is 36.5 Å². The number of hydrogen-bond acceptors (Lipinski definition) is 2. The van der Waals surface area contributed by atoms with Gasteiger partial charge >= 0.3 is 0 Å². The lowest BCUT2D eigenvalue weighted by atomic mass is 9.92. The molecule has 2 rings (SSSR count). The molecular formula is C14H19NO. The van der Waals surface area contributed by atoms with Crippen LogP contribution < -0.4 is 0 Å². The Morgan fingerprint density at radius 3 is 2.50 bits per heavy atom. The van der Waals surface area contributed by atoms with E-state index in [0.717, 1.165) is 23.4 Å². The van der Waals surface area contributed by atoms with E-state index >= 15 is 0 Å². The van der Waals surface area contributed by atoms with Crippen LogP contribution in [0.15, 0.2) is 16.5 Å². The highest BCUT2D eigenvalue weighted by atomic mass is 16.3. The molecule has 86 valence electrons. The summed E-state index contributed by atoms with van der Waals surface area (Å²) in [5, 5.41) is 0. The molecule has 0 spiro atoms. The van der Waals surface area contributed by atoms with Gasteiger partial charge < -0.3 is 4.42 Å². The molecule has 0 saturated heterocycles. The molecule has 0 N–H and O–H groups in total. The van der Waals surface area contributed by atoms with Crippen molar-refractivity contribution in [2.24, 2.45) is 5.41 Å². The highest BCUT2D eigenvalue weighted by Gasteiger charge is 2.17. The number of hydrogen-bond donors (Lipinski definition) is 0. The maximum Gasteiger partial charge on any atom is 0.196 e. The van der Waals surface area contributed by atoms with Crippen molar-refractivity contribution < 1.29 is 4.42 Å². The average Bonchev–Trinajstić information content (AvgIpc) is 2.52. The zero-order valence-electron chi connectivity index (χ0n) is 10.7. The van der Waals surface area contributed by atoms with Crippen molar-refractivity contribution in [2.45, 2.75) is 41.0 Å². The largest absolute Gasteiger partial charge is 0.440 e. The number of nitrogens with zero attached hydrogens (tertiary/aromatic N) is 1. The van der Waals surface area contributed by atoms with E-state index < -0.39 is 0 Å². The van der Waals surface area contributed by atoms with Crippen molar-refractivity contribution in [1.29, 1.82) is 0 Å². The van der Waals surface area contributed by atoms with Crippen LogP contribution in [0.5, 0.6) is 0 Å². The Labute approximate surface area is 96.7 Å². The summed E-state index contributed by atoms with van der Waals surface area (Å²) in [4.78, 5) is 4.53. The third kappa shape index (κ3) is 2.11. The first-order valence-electron chi connectivity index (χ1n) is 5.72. The second-order valence-corrected chi connectivity index (χ2v) is 5.70. The second kappa shape index (κ2) is 3.62. The number of aromatic nitrogens is 1.